The van der Waals surface area contributed by atoms with Crippen molar-refractivity contribution >= 4 is 22.8 Å². The molecule has 1 amide bonds. The SMILES string of the molecule is CC(C)OCCN1CCC(C(=O)Nc2ncc3ccc(-c4cnn(C)c4)cc3n2)CC1. The van der Waals surface area contributed by atoms with Gasteiger partial charge in [-0.25, -0.2) is 9.97 Å². The molecule has 1 N–H and O–H groups in total. The van der Waals surface area contributed by atoms with E-state index in [0.29, 0.717) is 5.95 Å². The van der Waals surface area contributed by atoms with E-state index in [9.17, 15) is 4.79 Å². The number of carbonyl (C=O) groups excluding carboxylic acids is 1. The number of piperidine rings is 1. The molecule has 0 bridgehead atoms. The molecule has 4 rings (SSSR count). The lowest BCUT2D eigenvalue weighted by Gasteiger charge is -2.31. The van der Waals surface area contributed by atoms with Gasteiger partial charge < -0.3 is 9.64 Å². The maximum atomic E-state index is 12.8. The monoisotopic (exact) mass is 422 g/mol. The van der Waals surface area contributed by atoms with Gasteiger partial charge >= 0.3 is 0 Å². The average Bonchev–Trinajstić information content (AvgIpc) is 3.20. The summed E-state index contributed by atoms with van der Waals surface area (Å²) in [6, 6.07) is 6.02. The quantitative estimate of drug-likeness (QED) is 0.630. The molecule has 31 heavy (non-hydrogen) atoms. The van der Waals surface area contributed by atoms with Gasteiger partial charge in [0.2, 0.25) is 11.9 Å². The first-order valence-electron chi connectivity index (χ1n) is 10.9. The number of hydrogen-bond acceptors (Lipinski definition) is 6. The van der Waals surface area contributed by atoms with E-state index in [1.54, 1.807) is 10.9 Å². The summed E-state index contributed by atoms with van der Waals surface area (Å²) in [6.45, 7) is 7.56. The summed E-state index contributed by atoms with van der Waals surface area (Å²) < 4.78 is 7.40. The molecule has 1 aliphatic rings. The minimum Gasteiger partial charge on any atom is -0.377 e. The molecule has 164 valence electrons. The summed E-state index contributed by atoms with van der Waals surface area (Å²) in [7, 11) is 1.89. The van der Waals surface area contributed by atoms with E-state index in [4.69, 9.17) is 4.74 Å². The molecule has 1 aliphatic heterocycles. The number of hydrogen-bond donors (Lipinski definition) is 1. The van der Waals surface area contributed by atoms with Crippen molar-refractivity contribution in [3.8, 4) is 11.1 Å². The lowest BCUT2D eigenvalue weighted by Crippen LogP contribution is -2.40. The number of anilines is 1. The molecule has 1 saturated heterocycles. The van der Waals surface area contributed by atoms with E-state index >= 15 is 0 Å². The predicted molar refractivity (Wildman–Crippen MR) is 121 cm³/mol. The summed E-state index contributed by atoms with van der Waals surface area (Å²) >= 11 is 0. The van der Waals surface area contributed by atoms with Gasteiger partial charge in [0, 0.05) is 42.9 Å². The molecule has 3 aromatic rings. The number of rotatable bonds is 7. The van der Waals surface area contributed by atoms with Crippen LogP contribution in [0.3, 0.4) is 0 Å². The molecule has 0 aliphatic carbocycles. The zero-order valence-electron chi connectivity index (χ0n) is 18.4. The number of aromatic nitrogens is 4. The van der Waals surface area contributed by atoms with Crippen LogP contribution in [0.25, 0.3) is 22.0 Å². The van der Waals surface area contributed by atoms with Gasteiger partial charge in [0.15, 0.2) is 0 Å². The van der Waals surface area contributed by atoms with Crippen molar-refractivity contribution < 1.29 is 9.53 Å². The number of nitrogens with one attached hydrogen (secondary N) is 1. The highest BCUT2D eigenvalue weighted by atomic mass is 16.5. The fraction of sp³-hybridized carbons (Fsp3) is 0.478. The zero-order chi connectivity index (χ0) is 21.8. The predicted octanol–water partition coefficient (Wildman–Crippen LogP) is 3.11. The lowest BCUT2D eigenvalue weighted by molar-refractivity contribution is -0.121. The Morgan fingerprint density at radius 2 is 2.03 bits per heavy atom. The topological polar surface area (TPSA) is 85.2 Å². The minimum absolute atomic E-state index is 0.000782. The van der Waals surface area contributed by atoms with Gasteiger partial charge in [-0.3, -0.25) is 14.8 Å². The fourth-order valence-electron chi connectivity index (χ4n) is 3.88. The third-order valence-electron chi connectivity index (χ3n) is 5.67. The van der Waals surface area contributed by atoms with Crippen LogP contribution >= 0.6 is 0 Å². The first kappa shape index (κ1) is 21.4. The minimum atomic E-state index is -0.0108. The molecule has 0 saturated carbocycles. The summed E-state index contributed by atoms with van der Waals surface area (Å²) in [5.74, 6) is 0.345. The molecule has 0 atom stereocenters. The van der Waals surface area contributed by atoms with Crippen molar-refractivity contribution in [2.24, 2.45) is 13.0 Å². The van der Waals surface area contributed by atoms with Gasteiger partial charge in [0.25, 0.3) is 0 Å². The van der Waals surface area contributed by atoms with Gasteiger partial charge in [-0.15, -0.1) is 0 Å². The number of benzene rings is 1. The molecule has 8 nitrogen and oxygen atoms in total. The Labute approximate surface area is 182 Å². The van der Waals surface area contributed by atoms with Crippen molar-refractivity contribution in [3.05, 3.63) is 36.8 Å². The third kappa shape index (κ3) is 5.45. The van der Waals surface area contributed by atoms with Gasteiger partial charge in [0.1, 0.15) is 0 Å². The van der Waals surface area contributed by atoms with Crippen LogP contribution < -0.4 is 5.32 Å². The number of carbonyl (C=O) groups is 1. The van der Waals surface area contributed by atoms with E-state index in [1.165, 1.54) is 0 Å². The lowest BCUT2D eigenvalue weighted by atomic mass is 9.96. The van der Waals surface area contributed by atoms with Crippen molar-refractivity contribution in [1.82, 2.24) is 24.6 Å². The number of nitrogens with zero attached hydrogens (tertiary/aromatic N) is 5. The Morgan fingerprint density at radius 3 is 2.74 bits per heavy atom. The molecule has 0 unspecified atom stereocenters. The molecule has 1 fully saturated rings. The Bertz CT molecular complexity index is 1040. The molecule has 0 radical (unpaired) electrons. The van der Waals surface area contributed by atoms with Crippen LogP contribution in [0.1, 0.15) is 26.7 Å². The summed E-state index contributed by atoms with van der Waals surface area (Å²) in [5, 5.41) is 8.08. The highest BCUT2D eigenvalue weighted by Crippen LogP contribution is 2.24. The maximum absolute atomic E-state index is 12.8. The molecule has 2 aromatic heterocycles. The van der Waals surface area contributed by atoms with E-state index in [2.05, 4.69) is 25.3 Å². The molecular formula is C23H30N6O2. The van der Waals surface area contributed by atoms with Crippen molar-refractivity contribution in [2.75, 3.05) is 31.6 Å². The van der Waals surface area contributed by atoms with Crippen LogP contribution in [0, 0.1) is 5.92 Å². The second-order valence-corrected chi connectivity index (χ2v) is 8.39. The Balaban J connectivity index is 1.36. The largest absolute Gasteiger partial charge is 0.377 e. The number of fused-ring (bicyclic) bond motifs is 1. The molecule has 1 aromatic carbocycles. The van der Waals surface area contributed by atoms with Gasteiger partial charge in [-0.1, -0.05) is 12.1 Å². The average molecular weight is 423 g/mol. The highest BCUT2D eigenvalue weighted by Gasteiger charge is 2.25. The Kier molecular flexibility index (Phi) is 6.58. The van der Waals surface area contributed by atoms with Crippen LogP contribution in [0.15, 0.2) is 36.8 Å². The number of aryl methyl sites for hydroxylation is 1. The summed E-state index contributed by atoms with van der Waals surface area (Å²) in [4.78, 5) is 24.0. The maximum Gasteiger partial charge on any atom is 0.229 e. The van der Waals surface area contributed by atoms with E-state index < -0.39 is 0 Å². The third-order valence-corrected chi connectivity index (χ3v) is 5.67. The van der Waals surface area contributed by atoms with Gasteiger partial charge in [0.05, 0.1) is 24.4 Å². The van der Waals surface area contributed by atoms with Crippen LogP contribution in [0.2, 0.25) is 0 Å². The van der Waals surface area contributed by atoms with E-state index in [1.807, 2.05) is 51.5 Å². The van der Waals surface area contributed by atoms with Crippen LogP contribution in [0.5, 0.6) is 0 Å². The normalized spacial score (nSPS) is 15.6. The molecule has 8 heteroatoms. The summed E-state index contributed by atoms with van der Waals surface area (Å²) in [6.07, 6.45) is 7.48. The van der Waals surface area contributed by atoms with Crippen LogP contribution in [0.4, 0.5) is 5.95 Å². The number of amides is 1. The molecular weight excluding hydrogens is 392 g/mol. The Morgan fingerprint density at radius 1 is 1.23 bits per heavy atom. The summed E-state index contributed by atoms with van der Waals surface area (Å²) in [5.41, 5.74) is 2.86. The van der Waals surface area contributed by atoms with Gasteiger partial charge in [-0.2, -0.15) is 5.10 Å². The second kappa shape index (κ2) is 9.53. The van der Waals surface area contributed by atoms with Crippen LogP contribution in [-0.2, 0) is 16.6 Å². The van der Waals surface area contributed by atoms with Crippen LogP contribution in [-0.4, -0.2) is 62.9 Å². The molecule has 3 heterocycles. The van der Waals surface area contributed by atoms with E-state index in [-0.39, 0.29) is 17.9 Å². The fourth-order valence-corrected chi connectivity index (χ4v) is 3.88. The first-order valence-corrected chi connectivity index (χ1v) is 10.9. The van der Waals surface area contributed by atoms with Crippen molar-refractivity contribution in [2.45, 2.75) is 32.8 Å². The second-order valence-electron chi connectivity index (χ2n) is 8.39. The zero-order valence-corrected chi connectivity index (χ0v) is 18.4. The number of ether oxygens (including phenoxy) is 1. The first-order chi connectivity index (χ1) is 15.0. The number of likely N-dealkylation sites (tertiary alicyclic amines) is 1. The highest BCUT2D eigenvalue weighted by molar-refractivity contribution is 5.92. The molecule has 0 spiro atoms. The van der Waals surface area contributed by atoms with Gasteiger partial charge in [-0.05, 0) is 51.4 Å². The Hall–Kier alpha value is -2.84. The smallest absolute Gasteiger partial charge is 0.229 e. The van der Waals surface area contributed by atoms with E-state index in [0.717, 1.165) is 61.1 Å². The van der Waals surface area contributed by atoms with Crippen molar-refractivity contribution in [3.63, 3.8) is 0 Å². The standard InChI is InChI=1S/C23H30N6O2/c1-16(2)31-11-10-29-8-6-17(7-9-29)22(30)27-23-24-13-19-5-4-18(12-21(19)26-23)20-14-25-28(3)15-20/h4-5,12-17H,6-11H2,1-3H3,(H,24,26,27,30). The van der Waals surface area contributed by atoms with Crippen molar-refractivity contribution in [1.29, 1.82) is 0 Å².